The summed E-state index contributed by atoms with van der Waals surface area (Å²) in [5.41, 5.74) is 2.25. The lowest BCUT2D eigenvalue weighted by atomic mass is 10.1. The summed E-state index contributed by atoms with van der Waals surface area (Å²) in [6, 6.07) is 11.9. The van der Waals surface area contributed by atoms with E-state index in [1.807, 2.05) is 6.07 Å². The second-order valence-corrected chi connectivity index (χ2v) is 6.22. The monoisotopic (exact) mass is 368 g/mol. The summed E-state index contributed by atoms with van der Waals surface area (Å²) in [4.78, 5) is 38.0. The number of carbonyl (C=O) groups is 3. The number of esters is 1. The minimum absolute atomic E-state index is 0.137. The summed E-state index contributed by atoms with van der Waals surface area (Å²) in [5.74, 6) is -0.501. The molecule has 0 aliphatic carbocycles. The maximum absolute atomic E-state index is 12.5. The van der Waals surface area contributed by atoms with Crippen LogP contribution in [0.25, 0.3) is 0 Å². The van der Waals surface area contributed by atoms with E-state index in [-0.39, 0.29) is 18.4 Å². The number of nitrogens with one attached hydrogen (secondary N) is 1. The van der Waals surface area contributed by atoms with Gasteiger partial charge >= 0.3 is 5.97 Å². The van der Waals surface area contributed by atoms with Crippen LogP contribution in [-0.2, 0) is 14.3 Å². The number of fused-ring (bicyclic) bond motifs is 1. The molecule has 0 spiro atoms. The van der Waals surface area contributed by atoms with Crippen LogP contribution in [0.2, 0.25) is 0 Å². The number of benzene rings is 2. The number of nitrogens with zero attached hydrogens (tertiary/aromatic N) is 1. The van der Waals surface area contributed by atoms with Gasteiger partial charge in [-0.1, -0.05) is 12.1 Å². The SMILES string of the molecule is COC(=O)c1ccc(NC(=O)CN2C(=O)[C@H](C)Oc3ccccc32)c(C)c1. The normalized spacial score (nSPS) is 15.6. The second kappa shape index (κ2) is 7.49. The smallest absolute Gasteiger partial charge is 0.337 e. The summed E-state index contributed by atoms with van der Waals surface area (Å²) >= 11 is 0. The molecule has 3 rings (SSSR count). The third kappa shape index (κ3) is 3.76. The highest BCUT2D eigenvalue weighted by molar-refractivity contribution is 6.06. The van der Waals surface area contributed by atoms with Crippen LogP contribution in [0.4, 0.5) is 11.4 Å². The van der Waals surface area contributed by atoms with E-state index in [4.69, 9.17) is 4.74 Å². The Morgan fingerprint density at radius 1 is 1.22 bits per heavy atom. The second-order valence-electron chi connectivity index (χ2n) is 6.22. The van der Waals surface area contributed by atoms with E-state index in [0.29, 0.717) is 28.3 Å². The molecule has 1 N–H and O–H groups in total. The van der Waals surface area contributed by atoms with Crippen LogP contribution >= 0.6 is 0 Å². The first kappa shape index (κ1) is 18.4. The van der Waals surface area contributed by atoms with Gasteiger partial charge in [-0.3, -0.25) is 14.5 Å². The van der Waals surface area contributed by atoms with Crippen molar-refractivity contribution in [2.45, 2.75) is 20.0 Å². The quantitative estimate of drug-likeness (QED) is 0.839. The van der Waals surface area contributed by atoms with Gasteiger partial charge in [0.1, 0.15) is 12.3 Å². The Labute approximate surface area is 156 Å². The standard InChI is InChI=1S/C20H20N2O5/c1-12-10-14(20(25)26-3)8-9-15(12)21-18(23)11-22-16-6-4-5-7-17(16)27-13(2)19(22)24/h4-10,13H,11H2,1-3H3,(H,21,23)/t13-/m0/s1. The van der Waals surface area contributed by atoms with Crippen molar-refractivity contribution in [3.63, 3.8) is 0 Å². The Kier molecular flexibility index (Phi) is 5.12. The van der Waals surface area contributed by atoms with Crippen molar-refractivity contribution in [3.05, 3.63) is 53.6 Å². The topological polar surface area (TPSA) is 84.9 Å². The van der Waals surface area contributed by atoms with E-state index in [9.17, 15) is 14.4 Å². The van der Waals surface area contributed by atoms with Crippen molar-refractivity contribution in [1.82, 2.24) is 0 Å². The maximum atomic E-state index is 12.5. The third-order valence-corrected chi connectivity index (χ3v) is 4.30. The number of ether oxygens (including phenoxy) is 2. The zero-order valence-electron chi connectivity index (χ0n) is 15.3. The molecule has 1 aliphatic heterocycles. The van der Waals surface area contributed by atoms with E-state index in [1.54, 1.807) is 50.2 Å². The average molecular weight is 368 g/mol. The lowest BCUT2D eigenvalue weighted by Crippen LogP contribution is -2.47. The Balaban J connectivity index is 1.76. The molecule has 0 saturated heterocycles. The molecule has 2 amide bonds. The number of aryl methyl sites for hydroxylation is 1. The summed E-state index contributed by atoms with van der Waals surface area (Å²) in [6.07, 6.45) is -0.659. The van der Waals surface area contributed by atoms with E-state index in [1.165, 1.54) is 12.0 Å². The first-order valence-corrected chi connectivity index (χ1v) is 8.46. The van der Waals surface area contributed by atoms with Crippen molar-refractivity contribution in [2.75, 3.05) is 23.9 Å². The summed E-state index contributed by atoms with van der Waals surface area (Å²) in [7, 11) is 1.31. The molecule has 7 nitrogen and oxygen atoms in total. The van der Waals surface area contributed by atoms with Gasteiger partial charge in [-0.25, -0.2) is 4.79 Å². The average Bonchev–Trinajstić information content (AvgIpc) is 2.66. The molecular weight excluding hydrogens is 348 g/mol. The van der Waals surface area contributed by atoms with Crippen molar-refractivity contribution in [3.8, 4) is 5.75 Å². The maximum Gasteiger partial charge on any atom is 0.337 e. The van der Waals surface area contributed by atoms with E-state index in [0.717, 1.165) is 0 Å². The minimum atomic E-state index is -0.659. The highest BCUT2D eigenvalue weighted by atomic mass is 16.5. The van der Waals surface area contributed by atoms with E-state index >= 15 is 0 Å². The van der Waals surface area contributed by atoms with Crippen LogP contribution in [0, 0.1) is 6.92 Å². The Morgan fingerprint density at radius 3 is 2.67 bits per heavy atom. The van der Waals surface area contributed by atoms with Crippen molar-refractivity contribution >= 4 is 29.2 Å². The lowest BCUT2D eigenvalue weighted by molar-refractivity contribution is -0.127. The molecule has 27 heavy (non-hydrogen) atoms. The van der Waals surface area contributed by atoms with Gasteiger partial charge in [0.15, 0.2) is 6.10 Å². The highest BCUT2D eigenvalue weighted by Gasteiger charge is 2.32. The molecule has 7 heteroatoms. The fourth-order valence-corrected chi connectivity index (χ4v) is 2.90. The van der Waals surface area contributed by atoms with Crippen molar-refractivity contribution in [2.24, 2.45) is 0 Å². The van der Waals surface area contributed by atoms with Gasteiger partial charge in [0, 0.05) is 5.69 Å². The zero-order chi connectivity index (χ0) is 19.6. The van der Waals surface area contributed by atoms with Gasteiger partial charge in [0.05, 0.1) is 18.4 Å². The molecular formula is C20H20N2O5. The predicted molar refractivity (Wildman–Crippen MR) is 100 cm³/mol. The molecule has 140 valence electrons. The molecule has 1 heterocycles. The number of rotatable bonds is 4. The molecule has 0 radical (unpaired) electrons. The molecule has 1 atom stereocenters. The van der Waals surface area contributed by atoms with Gasteiger partial charge in [-0.2, -0.15) is 0 Å². The Hall–Kier alpha value is -3.35. The van der Waals surface area contributed by atoms with Gasteiger partial charge in [0.25, 0.3) is 5.91 Å². The molecule has 1 aliphatic rings. The van der Waals surface area contributed by atoms with Crippen LogP contribution in [0.1, 0.15) is 22.8 Å². The molecule has 0 bridgehead atoms. The minimum Gasteiger partial charge on any atom is -0.479 e. The first-order chi connectivity index (χ1) is 12.9. The first-order valence-electron chi connectivity index (χ1n) is 8.46. The van der Waals surface area contributed by atoms with Crippen LogP contribution in [0.5, 0.6) is 5.75 Å². The Bertz CT molecular complexity index is 909. The molecule has 0 saturated carbocycles. The molecule has 2 aromatic rings. The number of amides is 2. The van der Waals surface area contributed by atoms with Crippen LogP contribution < -0.4 is 15.0 Å². The van der Waals surface area contributed by atoms with E-state index < -0.39 is 12.1 Å². The Morgan fingerprint density at radius 2 is 1.96 bits per heavy atom. The largest absolute Gasteiger partial charge is 0.479 e. The highest BCUT2D eigenvalue weighted by Crippen LogP contribution is 2.33. The number of hydrogen-bond acceptors (Lipinski definition) is 5. The summed E-state index contributed by atoms with van der Waals surface area (Å²) in [6.45, 7) is 3.29. The third-order valence-electron chi connectivity index (χ3n) is 4.30. The number of methoxy groups -OCH3 is 1. The van der Waals surface area contributed by atoms with Gasteiger partial charge in [-0.05, 0) is 49.7 Å². The number of hydrogen-bond donors (Lipinski definition) is 1. The lowest BCUT2D eigenvalue weighted by Gasteiger charge is -2.32. The fraction of sp³-hybridized carbons (Fsp3) is 0.250. The fourth-order valence-electron chi connectivity index (χ4n) is 2.90. The summed E-state index contributed by atoms with van der Waals surface area (Å²) < 4.78 is 10.3. The summed E-state index contributed by atoms with van der Waals surface area (Å²) in [5, 5.41) is 2.78. The van der Waals surface area contributed by atoms with Gasteiger partial charge in [-0.15, -0.1) is 0 Å². The van der Waals surface area contributed by atoms with Gasteiger partial charge < -0.3 is 14.8 Å². The number of para-hydroxylation sites is 2. The number of carbonyl (C=O) groups excluding carboxylic acids is 3. The van der Waals surface area contributed by atoms with Crippen molar-refractivity contribution in [1.29, 1.82) is 0 Å². The van der Waals surface area contributed by atoms with Gasteiger partial charge in [0.2, 0.25) is 5.91 Å². The van der Waals surface area contributed by atoms with E-state index in [2.05, 4.69) is 10.1 Å². The molecule has 0 fully saturated rings. The van der Waals surface area contributed by atoms with Crippen LogP contribution in [0.15, 0.2) is 42.5 Å². The zero-order valence-corrected chi connectivity index (χ0v) is 15.3. The van der Waals surface area contributed by atoms with Crippen molar-refractivity contribution < 1.29 is 23.9 Å². The number of anilines is 2. The van der Waals surface area contributed by atoms with Crippen LogP contribution in [0.3, 0.4) is 0 Å². The molecule has 0 unspecified atom stereocenters. The molecule has 0 aromatic heterocycles. The molecule has 2 aromatic carbocycles. The predicted octanol–water partition coefficient (Wildman–Crippen LogP) is 2.53. The van der Waals surface area contributed by atoms with Crippen LogP contribution in [-0.4, -0.2) is 37.5 Å².